The van der Waals surface area contributed by atoms with Crippen LogP contribution in [0.3, 0.4) is 0 Å². The van der Waals surface area contributed by atoms with Crippen LogP contribution in [0.15, 0.2) is 36.4 Å². The maximum atomic E-state index is 5.43. The predicted octanol–water partition coefficient (Wildman–Crippen LogP) is 4.51. The Hall–Kier alpha value is -1.52. The Bertz CT molecular complexity index is 757. The number of aromatic amines is 1. The van der Waals surface area contributed by atoms with Gasteiger partial charge >= 0.3 is 0 Å². The predicted molar refractivity (Wildman–Crippen MR) is 83.4 cm³/mol. The molecule has 3 rings (SSSR count). The quantitative estimate of drug-likeness (QED) is 0.718. The molecule has 3 aromatic rings. The number of fused-ring (bicyclic) bond motifs is 1. The van der Waals surface area contributed by atoms with Crippen molar-refractivity contribution >= 4 is 33.8 Å². The van der Waals surface area contributed by atoms with E-state index < -0.39 is 0 Å². The SMILES string of the molecule is CCc1cc2c(=S)[nH]c(Cc3ccccc3)nc2s1. The fourth-order valence-corrected chi connectivity index (χ4v) is 3.41. The second kappa shape index (κ2) is 5.23. The van der Waals surface area contributed by atoms with E-state index in [1.54, 1.807) is 11.3 Å². The number of aromatic nitrogens is 2. The summed E-state index contributed by atoms with van der Waals surface area (Å²) in [5.74, 6) is 0.938. The summed E-state index contributed by atoms with van der Waals surface area (Å²) in [6.07, 6.45) is 1.82. The van der Waals surface area contributed by atoms with E-state index in [0.29, 0.717) is 0 Å². The molecular weight excluding hydrogens is 272 g/mol. The van der Waals surface area contributed by atoms with Gasteiger partial charge in [0, 0.05) is 16.7 Å². The molecule has 2 nitrogen and oxygen atoms in total. The molecule has 0 bridgehead atoms. The van der Waals surface area contributed by atoms with Crippen LogP contribution in [-0.4, -0.2) is 9.97 Å². The number of nitrogens with one attached hydrogen (secondary N) is 1. The van der Waals surface area contributed by atoms with Crippen molar-refractivity contribution in [2.24, 2.45) is 0 Å². The molecular formula is C15H14N2S2. The summed E-state index contributed by atoms with van der Waals surface area (Å²) in [5, 5.41) is 1.08. The average molecular weight is 286 g/mol. The zero-order valence-corrected chi connectivity index (χ0v) is 12.3. The summed E-state index contributed by atoms with van der Waals surface area (Å²) in [4.78, 5) is 10.3. The molecule has 1 aromatic carbocycles. The van der Waals surface area contributed by atoms with E-state index in [1.165, 1.54) is 10.4 Å². The molecule has 0 spiro atoms. The molecule has 4 heteroatoms. The number of aryl methyl sites for hydroxylation is 1. The highest BCUT2D eigenvalue weighted by molar-refractivity contribution is 7.71. The molecule has 0 atom stereocenters. The van der Waals surface area contributed by atoms with Crippen LogP contribution < -0.4 is 0 Å². The summed E-state index contributed by atoms with van der Waals surface area (Å²) in [5.41, 5.74) is 1.24. The van der Waals surface area contributed by atoms with Crippen LogP contribution in [0, 0.1) is 4.64 Å². The van der Waals surface area contributed by atoms with Crippen LogP contribution in [0.1, 0.15) is 23.2 Å². The molecule has 0 amide bonds. The molecule has 0 saturated carbocycles. The highest BCUT2D eigenvalue weighted by Gasteiger charge is 2.06. The van der Waals surface area contributed by atoms with E-state index in [4.69, 9.17) is 17.2 Å². The second-order valence-electron chi connectivity index (χ2n) is 4.46. The van der Waals surface area contributed by atoms with Gasteiger partial charge in [-0.25, -0.2) is 4.98 Å². The molecule has 0 unspecified atom stereocenters. The molecule has 0 fully saturated rings. The van der Waals surface area contributed by atoms with Gasteiger partial charge in [0.2, 0.25) is 0 Å². The molecule has 2 aromatic heterocycles. The first-order valence-electron chi connectivity index (χ1n) is 6.32. The average Bonchev–Trinajstić information content (AvgIpc) is 2.83. The van der Waals surface area contributed by atoms with Crippen molar-refractivity contribution in [3.8, 4) is 0 Å². The van der Waals surface area contributed by atoms with Crippen LogP contribution in [0.5, 0.6) is 0 Å². The maximum Gasteiger partial charge on any atom is 0.128 e. The first-order chi connectivity index (χ1) is 9.26. The summed E-state index contributed by atoms with van der Waals surface area (Å²) in [7, 11) is 0. The van der Waals surface area contributed by atoms with Crippen LogP contribution in [0.25, 0.3) is 10.2 Å². The molecule has 2 heterocycles. The highest BCUT2D eigenvalue weighted by Crippen LogP contribution is 2.25. The number of hydrogen-bond donors (Lipinski definition) is 1. The van der Waals surface area contributed by atoms with Crippen LogP contribution in [0.4, 0.5) is 0 Å². The smallest absolute Gasteiger partial charge is 0.128 e. The van der Waals surface area contributed by atoms with Crippen LogP contribution in [0.2, 0.25) is 0 Å². The van der Waals surface area contributed by atoms with E-state index in [0.717, 1.165) is 33.5 Å². The molecule has 0 radical (unpaired) electrons. The van der Waals surface area contributed by atoms with Gasteiger partial charge in [0.1, 0.15) is 15.3 Å². The molecule has 0 saturated heterocycles. The van der Waals surface area contributed by atoms with Crippen molar-refractivity contribution in [1.29, 1.82) is 0 Å². The van der Waals surface area contributed by atoms with E-state index in [2.05, 4.69) is 30.1 Å². The minimum atomic E-state index is 0.791. The van der Waals surface area contributed by atoms with E-state index in [1.807, 2.05) is 18.2 Å². The summed E-state index contributed by atoms with van der Waals surface area (Å²) >= 11 is 7.17. The van der Waals surface area contributed by atoms with E-state index in [9.17, 15) is 0 Å². The lowest BCUT2D eigenvalue weighted by Gasteiger charge is -2.01. The van der Waals surface area contributed by atoms with Crippen LogP contribution in [-0.2, 0) is 12.8 Å². The first kappa shape index (κ1) is 12.5. The minimum absolute atomic E-state index is 0.791. The fraction of sp³-hybridized carbons (Fsp3) is 0.200. The summed E-state index contributed by atoms with van der Waals surface area (Å²) in [6, 6.07) is 12.5. The van der Waals surface area contributed by atoms with Gasteiger partial charge in [-0.1, -0.05) is 49.5 Å². The van der Waals surface area contributed by atoms with Crippen molar-refractivity contribution in [3.05, 3.63) is 57.3 Å². The van der Waals surface area contributed by atoms with Gasteiger partial charge in [-0.05, 0) is 18.1 Å². The Morgan fingerprint density at radius 2 is 2.05 bits per heavy atom. The van der Waals surface area contributed by atoms with Gasteiger partial charge in [0.25, 0.3) is 0 Å². The molecule has 19 heavy (non-hydrogen) atoms. The van der Waals surface area contributed by atoms with Crippen molar-refractivity contribution in [1.82, 2.24) is 9.97 Å². The molecule has 96 valence electrons. The third-order valence-corrected chi connectivity index (χ3v) is 4.56. The number of benzene rings is 1. The molecule has 0 aliphatic rings. The normalized spacial score (nSPS) is 11.0. The third-order valence-electron chi connectivity index (χ3n) is 3.07. The monoisotopic (exact) mass is 286 g/mol. The third kappa shape index (κ3) is 2.60. The summed E-state index contributed by atoms with van der Waals surface area (Å²) < 4.78 is 0.798. The zero-order valence-electron chi connectivity index (χ0n) is 10.6. The lowest BCUT2D eigenvalue weighted by atomic mass is 10.1. The zero-order chi connectivity index (χ0) is 13.2. The van der Waals surface area contributed by atoms with Gasteiger partial charge in [0.05, 0.1) is 0 Å². The standard InChI is InChI=1S/C15H14N2S2/c1-2-11-9-12-14(18)16-13(17-15(12)19-11)8-10-6-4-3-5-7-10/h3-7,9H,2,8H2,1H3,(H,16,17,18). The second-order valence-corrected chi connectivity index (χ2v) is 5.98. The topological polar surface area (TPSA) is 28.7 Å². The van der Waals surface area contributed by atoms with Crippen molar-refractivity contribution in [3.63, 3.8) is 0 Å². The maximum absolute atomic E-state index is 5.43. The molecule has 1 N–H and O–H groups in total. The lowest BCUT2D eigenvalue weighted by Crippen LogP contribution is -1.96. The Morgan fingerprint density at radius 3 is 2.79 bits per heavy atom. The first-order valence-corrected chi connectivity index (χ1v) is 7.54. The Morgan fingerprint density at radius 1 is 1.26 bits per heavy atom. The van der Waals surface area contributed by atoms with E-state index in [-0.39, 0.29) is 0 Å². The Balaban J connectivity index is 2.03. The van der Waals surface area contributed by atoms with Crippen molar-refractivity contribution < 1.29 is 0 Å². The number of thiophene rings is 1. The number of hydrogen-bond acceptors (Lipinski definition) is 3. The van der Waals surface area contributed by atoms with Crippen molar-refractivity contribution in [2.75, 3.05) is 0 Å². The van der Waals surface area contributed by atoms with Gasteiger partial charge in [-0.3, -0.25) is 0 Å². The van der Waals surface area contributed by atoms with Crippen molar-refractivity contribution in [2.45, 2.75) is 19.8 Å². The number of H-pyrrole nitrogens is 1. The highest BCUT2D eigenvalue weighted by atomic mass is 32.1. The van der Waals surface area contributed by atoms with Gasteiger partial charge in [-0.15, -0.1) is 11.3 Å². The summed E-state index contributed by atoms with van der Waals surface area (Å²) in [6.45, 7) is 2.16. The Labute approximate surface area is 121 Å². The molecule has 0 aliphatic carbocycles. The van der Waals surface area contributed by atoms with Gasteiger partial charge < -0.3 is 4.98 Å². The molecule has 0 aliphatic heterocycles. The largest absolute Gasteiger partial charge is 0.334 e. The van der Waals surface area contributed by atoms with E-state index >= 15 is 0 Å². The Kier molecular flexibility index (Phi) is 3.44. The number of nitrogens with zero attached hydrogens (tertiary/aromatic N) is 1. The van der Waals surface area contributed by atoms with Gasteiger partial charge in [-0.2, -0.15) is 0 Å². The fourth-order valence-electron chi connectivity index (χ4n) is 2.07. The lowest BCUT2D eigenvalue weighted by molar-refractivity contribution is 0.990. The van der Waals surface area contributed by atoms with Gasteiger partial charge in [0.15, 0.2) is 0 Å². The minimum Gasteiger partial charge on any atom is -0.334 e. The number of rotatable bonds is 3. The van der Waals surface area contributed by atoms with Crippen LogP contribution >= 0.6 is 23.6 Å².